The summed E-state index contributed by atoms with van der Waals surface area (Å²) in [6.45, 7) is 6.30. The highest BCUT2D eigenvalue weighted by Crippen LogP contribution is 2.20. The lowest BCUT2D eigenvalue weighted by atomic mass is 10.1. The van der Waals surface area contributed by atoms with Gasteiger partial charge >= 0.3 is 0 Å². The van der Waals surface area contributed by atoms with Gasteiger partial charge in [-0.2, -0.15) is 0 Å². The maximum absolute atomic E-state index is 11.0. The molecule has 0 aliphatic heterocycles. The Kier molecular flexibility index (Phi) is 5.16. The van der Waals surface area contributed by atoms with Gasteiger partial charge in [0.2, 0.25) is 10.0 Å². The normalized spacial score (nSPS) is 13.3. The molecule has 1 aromatic carbocycles. The average molecular weight is 271 g/mol. The molecule has 0 bridgehead atoms. The van der Waals surface area contributed by atoms with Gasteiger partial charge in [-0.1, -0.05) is 24.6 Å². The van der Waals surface area contributed by atoms with Crippen LogP contribution in [0.1, 0.15) is 24.5 Å². The molecule has 1 aromatic rings. The minimum Gasteiger partial charge on any atom is -0.493 e. The Morgan fingerprint density at radius 2 is 2.00 bits per heavy atom. The first kappa shape index (κ1) is 15.0. The Morgan fingerprint density at radius 3 is 2.50 bits per heavy atom. The topological polar surface area (TPSA) is 69.4 Å². The van der Waals surface area contributed by atoms with Gasteiger partial charge in [0, 0.05) is 5.92 Å². The standard InChI is InChI=1S/C13H21NO3S/c1-4-12(9-18(14,15)16)8-17-13-6-5-10(2)7-11(13)3/h5-7,12H,4,8-9H2,1-3H3,(H2,14,15,16). The summed E-state index contributed by atoms with van der Waals surface area (Å²) in [6.07, 6.45) is 0.724. The Labute approximate surface area is 109 Å². The molecule has 0 spiro atoms. The Balaban J connectivity index is 2.62. The van der Waals surface area contributed by atoms with Crippen molar-refractivity contribution < 1.29 is 13.2 Å². The number of rotatable bonds is 6. The van der Waals surface area contributed by atoms with E-state index >= 15 is 0 Å². The third-order valence-corrected chi connectivity index (χ3v) is 3.79. The van der Waals surface area contributed by atoms with Gasteiger partial charge in [-0.25, -0.2) is 13.6 Å². The summed E-state index contributed by atoms with van der Waals surface area (Å²) in [5.74, 6) is 0.697. The third kappa shape index (κ3) is 5.06. The smallest absolute Gasteiger partial charge is 0.209 e. The third-order valence-electron chi connectivity index (χ3n) is 2.85. The molecule has 2 N–H and O–H groups in total. The molecule has 0 aliphatic rings. The van der Waals surface area contributed by atoms with Crippen LogP contribution < -0.4 is 9.88 Å². The first-order chi connectivity index (χ1) is 8.31. The fourth-order valence-corrected chi connectivity index (χ4v) is 2.77. The largest absolute Gasteiger partial charge is 0.493 e. The molecule has 102 valence electrons. The Morgan fingerprint density at radius 1 is 1.33 bits per heavy atom. The van der Waals surface area contributed by atoms with Gasteiger partial charge in [-0.15, -0.1) is 0 Å². The maximum atomic E-state index is 11.0. The Hall–Kier alpha value is -1.07. The zero-order valence-electron chi connectivity index (χ0n) is 11.1. The van der Waals surface area contributed by atoms with Gasteiger partial charge in [0.1, 0.15) is 5.75 Å². The molecule has 1 rings (SSSR count). The van der Waals surface area contributed by atoms with Crippen LogP contribution in [0.25, 0.3) is 0 Å². The summed E-state index contributed by atoms with van der Waals surface area (Å²) in [4.78, 5) is 0. The predicted molar refractivity (Wildman–Crippen MR) is 73.2 cm³/mol. The summed E-state index contributed by atoms with van der Waals surface area (Å²) in [7, 11) is -3.44. The maximum Gasteiger partial charge on any atom is 0.209 e. The van der Waals surface area contributed by atoms with Crippen molar-refractivity contribution in [2.75, 3.05) is 12.4 Å². The molecule has 0 aromatic heterocycles. The first-order valence-electron chi connectivity index (χ1n) is 6.02. The van der Waals surface area contributed by atoms with Crippen LogP contribution in [0.4, 0.5) is 0 Å². The Bertz CT molecular complexity index is 497. The summed E-state index contributed by atoms with van der Waals surface area (Å²) in [5, 5.41) is 5.05. The number of nitrogens with two attached hydrogens (primary N) is 1. The van der Waals surface area contributed by atoms with Gasteiger partial charge in [-0.05, 0) is 31.9 Å². The zero-order chi connectivity index (χ0) is 13.8. The van der Waals surface area contributed by atoms with Crippen molar-refractivity contribution in [3.05, 3.63) is 29.3 Å². The molecule has 4 nitrogen and oxygen atoms in total. The molecular weight excluding hydrogens is 250 g/mol. The number of hydrogen-bond acceptors (Lipinski definition) is 3. The lowest BCUT2D eigenvalue weighted by Crippen LogP contribution is -2.26. The minimum atomic E-state index is -3.44. The number of ether oxygens (including phenoxy) is 1. The molecule has 0 fully saturated rings. The van der Waals surface area contributed by atoms with E-state index < -0.39 is 10.0 Å². The predicted octanol–water partition coefficient (Wildman–Crippen LogP) is 2.00. The van der Waals surface area contributed by atoms with Gasteiger partial charge < -0.3 is 4.74 Å². The summed E-state index contributed by atoms with van der Waals surface area (Å²) in [5.41, 5.74) is 2.23. The lowest BCUT2D eigenvalue weighted by Gasteiger charge is -2.16. The van der Waals surface area contributed by atoms with E-state index in [2.05, 4.69) is 0 Å². The van der Waals surface area contributed by atoms with Gasteiger partial charge in [0.05, 0.1) is 12.4 Å². The van der Waals surface area contributed by atoms with Crippen molar-refractivity contribution in [3.63, 3.8) is 0 Å². The van der Waals surface area contributed by atoms with Crippen LogP contribution in [-0.2, 0) is 10.0 Å². The van der Waals surface area contributed by atoms with Crippen LogP contribution in [-0.4, -0.2) is 20.8 Å². The highest BCUT2D eigenvalue weighted by atomic mass is 32.2. The van der Waals surface area contributed by atoms with Crippen molar-refractivity contribution in [2.45, 2.75) is 27.2 Å². The molecule has 0 aliphatic carbocycles. The minimum absolute atomic E-state index is 0.0333. The molecule has 0 radical (unpaired) electrons. The molecule has 5 heteroatoms. The second-order valence-corrected chi connectivity index (χ2v) is 6.34. The molecule has 0 saturated carbocycles. The molecule has 18 heavy (non-hydrogen) atoms. The molecule has 1 unspecified atom stereocenters. The van der Waals surface area contributed by atoms with Crippen LogP contribution in [0.2, 0.25) is 0 Å². The van der Waals surface area contributed by atoms with E-state index in [1.165, 1.54) is 5.56 Å². The monoisotopic (exact) mass is 271 g/mol. The van der Waals surface area contributed by atoms with Crippen molar-refractivity contribution in [1.82, 2.24) is 0 Å². The second-order valence-electron chi connectivity index (χ2n) is 4.68. The highest BCUT2D eigenvalue weighted by Gasteiger charge is 2.15. The quantitative estimate of drug-likeness (QED) is 0.860. The van der Waals surface area contributed by atoms with Gasteiger partial charge in [-0.3, -0.25) is 0 Å². The summed E-state index contributed by atoms with van der Waals surface area (Å²) >= 11 is 0. The fourth-order valence-electron chi connectivity index (χ4n) is 1.78. The molecule has 0 saturated heterocycles. The van der Waals surface area contributed by atoms with Crippen molar-refractivity contribution in [2.24, 2.45) is 11.1 Å². The molecule has 0 heterocycles. The number of primary sulfonamides is 1. The number of aryl methyl sites for hydroxylation is 2. The van der Waals surface area contributed by atoms with Gasteiger partial charge in [0.15, 0.2) is 0 Å². The van der Waals surface area contributed by atoms with E-state index in [4.69, 9.17) is 9.88 Å². The van der Waals surface area contributed by atoms with Crippen LogP contribution in [0.5, 0.6) is 5.75 Å². The molecule has 1 atom stereocenters. The van der Waals surface area contributed by atoms with Crippen LogP contribution in [0.15, 0.2) is 18.2 Å². The van der Waals surface area contributed by atoms with E-state index in [0.717, 1.165) is 17.7 Å². The summed E-state index contributed by atoms with van der Waals surface area (Å²) < 4.78 is 27.8. The van der Waals surface area contributed by atoms with E-state index in [1.807, 2.05) is 39.0 Å². The van der Waals surface area contributed by atoms with E-state index in [1.54, 1.807) is 0 Å². The lowest BCUT2D eigenvalue weighted by molar-refractivity contribution is 0.256. The average Bonchev–Trinajstić information content (AvgIpc) is 2.24. The van der Waals surface area contributed by atoms with E-state index in [0.29, 0.717) is 6.61 Å². The SMILES string of the molecule is CCC(COc1ccc(C)cc1C)CS(N)(=O)=O. The van der Waals surface area contributed by atoms with E-state index in [9.17, 15) is 8.42 Å². The van der Waals surface area contributed by atoms with E-state index in [-0.39, 0.29) is 11.7 Å². The van der Waals surface area contributed by atoms with Crippen molar-refractivity contribution in [3.8, 4) is 5.75 Å². The van der Waals surface area contributed by atoms with Crippen LogP contribution in [0, 0.1) is 19.8 Å². The van der Waals surface area contributed by atoms with Gasteiger partial charge in [0.25, 0.3) is 0 Å². The number of sulfonamides is 1. The van der Waals surface area contributed by atoms with Crippen molar-refractivity contribution in [1.29, 1.82) is 0 Å². The van der Waals surface area contributed by atoms with Crippen LogP contribution in [0.3, 0.4) is 0 Å². The number of hydrogen-bond donors (Lipinski definition) is 1. The highest BCUT2D eigenvalue weighted by molar-refractivity contribution is 7.89. The number of benzene rings is 1. The van der Waals surface area contributed by atoms with Crippen molar-refractivity contribution >= 4 is 10.0 Å². The summed E-state index contributed by atoms with van der Waals surface area (Å²) in [6, 6.07) is 5.92. The molecule has 0 amide bonds. The fraction of sp³-hybridized carbons (Fsp3) is 0.538. The zero-order valence-corrected chi connectivity index (χ0v) is 12.0. The molecular formula is C13H21NO3S. The van der Waals surface area contributed by atoms with Crippen LogP contribution >= 0.6 is 0 Å². The first-order valence-corrected chi connectivity index (χ1v) is 7.74. The second kappa shape index (κ2) is 6.20.